The lowest BCUT2D eigenvalue weighted by atomic mass is 10.2. The lowest BCUT2D eigenvalue weighted by Crippen LogP contribution is -2.22. The highest BCUT2D eigenvalue weighted by Crippen LogP contribution is 2.15. The normalized spacial score (nSPS) is 11.4. The van der Waals surface area contributed by atoms with Crippen molar-refractivity contribution in [3.63, 3.8) is 0 Å². The molecule has 2 rings (SSSR count). The number of hydrogen-bond donors (Lipinski definition) is 1. The predicted molar refractivity (Wildman–Crippen MR) is 89.5 cm³/mol. The number of thiocarbonyl (C=S) groups is 1. The molecule has 0 aromatic carbocycles. The van der Waals surface area contributed by atoms with E-state index in [4.69, 9.17) is 0 Å². The van der Waals surface area contributed by atoms with Crippen LogP contribution >= 0.6 is 24.0 Å². The Labute approximate surface area is 131 Å². The lowest BCUT2D eigenvalue weighted by Gasteiger charge is -2.04. The first kappa shape index (κ1) is 15.4. The van der Waals surface area contributed by atoms with Gasteiger partial charge in [0.05, 0.1) is 16.0 Å². The van der Waals surface area contributed by atoms with Crippen LogP contribution in [0, 0.1) is 6.92 Å². The maximum Gasteiger partial charge on any atom is 0.265 e. The van der Waals surface area contributed by atoms with E-state index >= 15 is 0 Å². The molecule has 0 spiro atoms. The molecule has 21 heavy (non-hydrogen) atoms. The van der Waals surface area contributed by atoms with Gasteiger partial charge in [-0.1, -0.05) is 18.3 Å². The molecule has 0 bridgehead atoms. The summed E-state index contributed by atoms with van der Waals surface area (Å²) in [5, 5.41) is 2.42. The van der Waals surface area contributed by atoms with Crippen molar-refractivity contribution in [1.82, 2.24) is 14.7 Å². The third-order valence-electron chi connectivity index (χ3n) is 2.80. The van der Waals surface area contributed by atoms with Gasteiger partial charge in [-0.15, -0.1) is 11.8 Å². The summed E-state index contributed by atoms with van der Waals surface area (Å²) in [4.78, 5) is 28.8. The van der Waals surface area contributed by atoms with E-state index in [1.165, 1.54) is 28.4 Å². The van der Waals surface area contributed by atoms with Crippen molar-refractivity contribution in [1.29, 1.82) is 0 Å². The molecule has 0 fully saturated rings. The summed E-state index contributed by atoms with van der Waals surface area (Å²) in [5.41, 5.74) is 2.79. The van der Waals surface area contributed by atoms with Crippen LogP contribution in [0.5, 0.6) is 0 Å². The predicted octanol–water partition coefficient (Wildman–Crippen LogP) is 1.78. The molecule has 0 aliphatic rings. The molecule has 1 N–H and O–H groups in total. The van der Waals surface area contributed by atoms with Gasteiger partial charge in [-0.3, -0.25) is 14.0 Å². The van der Waals surface area contributed by atoms with E-state index in [-0.39, 0.29) is 11.5 Å². The Bertz CT molecular complexity index is 796. The molecule has 2 heterocycles. The van der Waals surface area contributed by atoms with E-state index in [2.05, 4.69) is 22.5 Å². The molecule has 0 radical (unpaired) electrons. The second-order valence-electron chi connectivity index (χ2n) is 4.26. The second kappa shape index (κ2) is 6.64. The quantitative estimate of drug-likeness (QED) is 0.687. The van der Waals surface area contributed by atoms with Crippen LogP contribution in [0.4, 0.5) is 0 Å². The Hall–Kier alpha value is -1.99. The Kier molecular flexibility index (Phi) is 4.87. The number of aromatic nitrogens is 2. The van der Waals surface area contributed by atoms with Crippen molar-refractivity contribution in [2.75, 3.05) is 6.26 Å². The average Bonchev–Trinajstić information content (AvgIpc) is 2.47. The fourth-order valence-electron chi connectivity index (χ4n) is 1.78. The Morgan fingerprint density at radius 1 is 1.48 bits per heavy atom. The van der Waals surface area contributed by atoms with Crippen LogP contribution in [-0.4, -0.2) is 27.0 Å². The topological polar surface area (TPSA) is 63.5 Å². The third-order valence-corrected chi connectivity index (χ3v) is 3.66. The zero-order valence-corrected chi connectivity index (χ0v) is 13.1. The minimum absolute atomic E-state index is 0.217. The highest BCUT2D eigenvalue weighted by molar-refractivity contribution is 8.03. The Morgan fingerprint density at radius 3 is 2.90 bits per heavy atom. The van der Waals surface area contributed by atoms with Crippen molar-refractivity contribution in [3.05, 3.63) is 50.9 Å². The largest absolute Gasteiger partial charge is 0.319 e. The number of pyridine rings is 1. The van der Waals surface area contributed by atoms with Gasteiger partial charge >= 0.3 is 0 Å². The fourth-order valence-corrected chi connectivity index (χ4v) is 2.38. The third kappa shape index (κ3) is 3.37. The highest BCUT2D eigenvalue weighted by atomic mass is 32.2. The van der Waals surface area contributed by atoms with Crippen LogP contribution in [0.3, 0.4) is 0 Å². The molecule has 2 aromatic heterocycles. The number of aryl methyl sites for hydroxylation is 1. The summed E-state index contributed by atoms with van der Waals surface area (Å²) in [7, 11) is 0. The van der Waals surface area contributed by atoms with Crippen LogP contribution in [-0.2, 0) is 4.79 Å². The monoisotopic (exact) mass is 319 g/mol. The van der Waals surface area contributed by atoms with Crippen molar-refractivity contribution >= 4 is 47.1 Å². The van der Waals surface area contributed by atoms with Crippen LogP contribution < -0.4 is 10.9 Å². The molecule has 5 nitrogen and oxygen atoms in total. The van der Waals surface area contributed by atoms with Gasteiger partial charge in [-0.25, -0.2) is 4.98 Å². The first-order valence-corrected chi connectivity index (χ1v) is 7.74. The molecule has 0 aliphatic heterocycles. The van der Waals surface area contributed by atoms with Gasteiger partial charge in [0.25, 0.3) is 11.5 Å². The minimum Gasteiger partial charge on any atom is -0.319 e. The molecule has 0 saturated heterocycles. The fraction of sp³-hybridized carbons (Fsp3) is 0.143. The van der Waals surface area contributed by atoms with Gasteiger partial charge in [-0.2, -0.15) is 0 Å². The van der Waals surface area contributed by atoms with E-state index in [9.17, 15) is 9.59 Å². The molecule has 1 amide bonds. The molecular weight excluding hydrogens is 306 g/mol. The molecule has 7 heteroatoms. The Morgan fingerprint density at radius 2 is 2.24 bits per heavy atom. The van der Waals surface area contributed by atoms with Crippen molar-refractivity contribution in [2.45, 2.75) is 6.92 Å². The number of carbonyl (C=O) groups excluding carboxylic acids is 1. The SMILES string of the molecule is CS/C(=C\c1cnc2ccc(C)cn2c1=O)C(=O)NC=S. The minimum atomic E-state index is -0.341. The van der Waals surface area contributed by atoms with E-state index in [0.29, 0.717) is 16.1 Å². The number of fused-ring (bicyclic) bond motifs is 1. The first-order chi connectivity index (χ1) is 10.1. The number of hydrogen-bond acceptors (Lipinski definition) is 5. The summed E-state index contributed by atoms with van der Waals surface area (Å²) in [6.45, 7) is 1.90. The van der Waals surface area contributed by atoms with Crippen molar-refractivity contribution in [2.24, 2.45) is 0 Å². The smallest absolute Gasteiger partial charge is 0.265 e. The molecule has 108 valence electrons. The van der Waals surface area contributed by atoms with Gasteiger partial charge in [0.1, 0.15) is 5.65 Å². The zero-order valence-electron chi connectivity index (χ0n) is 11.5. The van der Waals surface area contributed by atoms with Crippen LogP contribution in [0.1, 0.15) is 11.1 Å². The summed E-state index contributed by atoms with van der Waals surface area (Å²) in [6, 6.07) is 3.66. The molecule has 0 saturated carbocycles. The van der Waals surface area contributed by atoms with Gasteiger partial charge in [0.2, 0.25) is 0 Å². The van der Waals surface area contributed by atoms with Crippen LogP contribution in [0.2, 0.25) is 0 Å². The average molecular weight is 319 g/mol. The number of rotatable bonds is 4. The summed E-state index contributed by atoms with van der Waals surface area (Å²) >= 11 is 5.83. The molecule has 2 aromatic rings. The van der Waals surface area contributed by atoms with E-state index in [1.807, 2.05) is 13.0 Å². The number of amides is 1. The lowest BCUT2D eigenvalue weighted by molar-refractivity contribution is -0.115. The number of nitrogens with zero attached hydrogens (tertiary/aromatic N) is 2. The Balaban J connectivity index is 2.56. The van der Waals surface area contributed by atoms with Crippen LogP contribution in [0.25, 0.3) is 11.7 Å². The molecule has 0 atom stereocenters. The summed E-state index contributed by atoms with van der Waals surface area (Å²) < 4.78 is 1.47. The number of nitrogens with one attached hydrogen (secondary N) is 1. The zero-order chi connectivity index (χ0) is 15.4. The molecule has 0 unspecified atom stereocenters. The van der Waals surface area contributed by atoms with E-state index in [0.717, 1.165) is 11.1 Å². The second-order valence-corrected chi connectivity index (χ2v) is 5.34. The van der Waals surface area contributed by atoms with Gasteiger partial charge in [0.15, 0.2) is 0 Å². The van der Waals surface area contributed by atoms with Gasteiger partial charge in [0, 0.05) is 12.4 Å². The highest BCUT2D eigenvalue weighted by Gasteiger charge is 2.09. The summed E-state index contributed by atoms with van der Waals surface area (Å²) in [5.74, 6) is -0.341. The first-order valence-electron chi connectivity index (χ1n) is 6.05. The summed E-state index contributed by atoms with van der Waals surface area (Å²) in [6.07, 6.45) is 6.46. The van der Waals surface area contributed by atoms with E-state index in [1.54, 1.807) is 18.5 Å². The van der Waals surface area contributed by atoms with Gasteiger partial charge in [-0.05, 0) is 30.9 Å². The van der Waals surface area contributed by atoms with E-state index < -0.39 is 0 Å². The van der Waals surface area contributed by atoms with Crippen molar-refractivity contribution in [3.8, 4) is 0 Å². The maximum atomic E-state index is 12.4. The molecular formula is C14H13N3O2S2. The van der Waals surface area contributed by atoms with Gasteiger partial charge < -0.3 is 5.32 Å². The number of thioether (sulfide) groups is 1. The number of carbonyl (C=O) groups is 1. The van der Waals surface area contributed by atoms with Crippen LogP contribution in [0.15, 0.2) is 34.2 Å². The maximum absolute atomic E-state index is 12.4. The standard InChI is InChI=1S/C14H13N3O2S2/c1-9-3-4-12-15-6-10(14(19)17(12)7-9)5-11(21-2)13(18)16-8-20/h3-8H,1-2H3,(H,16,18,20)/b11-5-. The molecule has 0 aliphatic carbocycles. The van der Waals surface area contributed by atoms with Crippen molar-refractivity contribution < 1.29 is 4.79 Å².